The van der Waals surface area contributed by atoms with Crippen molar-refractivity contribution in [3.63, 3.8) is 0 Å². The molecule has 8 aliphatic rings. The van der Waals surface area contributed by atoms with Crippen LogP contribution in [0.1, 0.15) is 97.2 Å². The molecule has 524 valence electrons. The number of piperidine rings is 1. The van der Waals surface area contributed by atoms with Crippen molar-refractivity contribution in [1.82, 2.24) is 0 Å². The highest BCUT2D eigenvalue weighted by Gasteiger charge is 2.53. The van der Waals surface area contributed by atoms with E-state index in [2.05, 4.69) is 333 Å². The molecular formula is C100H78N2O6. The van der Waals surface area contributed by atoms with Crippen LogP contribution < -0.4 is 33.5 Å². The molecule has 4 unspecified atom stereocenters. The molecular weight excluding hydrogens is 1330 g/mol. The fraction of sp³-hybridized carbons (Fsp3) is 0.160. The molecule has 2 saturated heterocycles. The van der Waals surface area contributed by atoms with Crippen molar-refractivity contribution in [2.24, 2.45) is 0 Å². The maximum absolute atomic E-state index is 7.67. The Hall–Kier alpha value is -12.4. The Kier molecular flexibility index (Phi) is 14.8. The van der Waals surface area contributed by atoms with Crippen molar-refractivity contribution in [3.05, 3.63) is 363 Å². The van der Waals surface area contributed by atoms with Gasteiger partial charge in [0.1, 0.15) is 28.7 Å². The smallest absolute Gasteiger partial charge is 0.180 e. The van der Waals surface area contributed by atoms with Gasteiger partial charge in [0.25, 0.3) is 0 Å². The van der Waals surface area contributed by atoms with Crippen molar-refractivity contribution in [1.29, 1.82) is 0 Å². The number of ether oxygens (including phenoxy) is 6. The lowest BCUT2D eigenvalue weighted by Gasteiger charge is -2.40. The van der Waals surface area contributed by atoms with Crippen LogP contribution in [0.5, 0.6) is 28.7 Å². The summed E-state index contributed by atoms with van der Waals surface area (Å²) in [5, 5.41) is 9.16. The molecule has 22 rings (SSSR count). The molecule has 0 bridgehead atoms. The highest BCUT2D eigenvalue weighted by atomic mass is 16.5. The van der Waals surface area contributed by atoms with Crippen LogP contribution in [0.3, 0.4) is 0 Å². The third-order valence-corrected chi connectivity index (χ3v) is 24.1. The standard InChI is InChI=1S/C51H41NO2.C49H37NO4/c1-33-15-22-41-44(31-33)49-43(26-27-50(54-49,36-12-5-3-6-13-36)37-18-20-38(21-19-37)52-29-9-4-10-30-52)48-47(41)42-23-16-34(2)32-45(42)51(48)28-25-40-39-14-8-7-11-35(39)17-24-46(40)53-51;1-51-36-20-21-39-42(31-36)47-41(24-25-48(54-47,33-10-3-2-4-11-33)34-16-18-35(19-17-34)50-27-29-52-30-28-50)46-45(39)40-13-7-8-14-43(40)49(46)26-23-38-37-12-6-5-9-32(37)15-22-44(38)53-49/h3,5-8,11-28,31-32H,4,9-10,29-30H2,1-2H3;2-26,31H,27-30H2,1H3. The van der Waals surface area contributed by atoms with E-state index in [-0.39, 0.29) is 0 Å². The highest BCUT2D eigenvalue weighted by molar-refractivity contribution is 6.12. The number of benzene rings is 14. The Morgan fingerprint density at radius 3 is 1.36 bits per heavy atom. The van der Waals surface area contributed by atoms with E-state index in [0.717, 1.165) is 157 Å². The number of nitrogens with zero attached hydrogens (tertiary/aromatic N) is 2. The number of anilines is 2. The molecule has 8 nitrogen and oxygen atoms in total. The number of rotatable bonds is 7. The van der Waals surface area contributed by atoms with Gasteiger partial charge in [0, 0.05) is 115 Å². The Bertz CT molecular complexity index is 6170. The molecule has 0 aromatic heterocycles. The maximum Gasteiger partial charge on any atom is 0.180 e. The van der Waals surface area contributed by atoms with Gasteiger partial charge < -0.3 is 38.2 Å². The second kappa shape index (κ2) is 24.9. The molecule has 2 aliphatic carbocycles. The summed E-state index contributed by atoms with van der Waals surface area (Å²) in [6.07, 6.45) is 22.1. The number of hydrogen-bond acceptors (Lipinski definition) is 8. The van der Waals surface area contributed by atoms with Gasteiger partial charge >= 0.3 is 0 Å². The van der Waals surface area contributed by atoms with Crippen molar-refractivity contribution in [2.75, 3.05) is 56.3 Å². The Morgan fingerprint density at radius 1 is 0.333 bits per heavy atom. The predicted octanol–water partition coefficient (Wildman–Crippen LogP) is 22.8. The van der Waals surface area contributed by atoms with Gasteiger partial charge in [0.15, 0.2) is 22.4 Å². The molecule has 14 aromatic rings. The van der Waals surface area contributed by atoms with Crippen molar-refractivity contribution in [3.8, 4) is 51.0 Å². The van der Waals surface area contributed by atoms with Crippen LogP contribution in [-0.2, 0) is 27.1 Å². The lowest BCUT2D eigenvalue weighted by atomic mass is 9.79. The van der Waals surface area contributed by atoms with Crippen LogP contribution in [0.25, 0.3) is 89.6 Å². The van der Waals surface area contributed by atoms with Crippen molar-refractivity contribution in [2.45, 2.75) is 55.5 Å². The first-order chi connectivity index (χ1) is 53.2. The van der Waals surface area contributed by atoms with Crippen LogP contribution in [0.2, 0.25) is 0 Å². The summed E-state index contributed by atoms with van der Waals surface area (Å²) in [5.41, 5.74) is 19.3. The van der Waals surface area contributed by atoms with E-state index in [0.29, 0.717) is 0 Å². The van der Waals surface area contributed by atoms with Crippen LogP contribution in [0.15, 0.2) is 285 Å². The van der Waals surface area contributed by atoms with E-state index in [1.807, 2.05) is 0 Å². The summed E-state index contributed by atoms with van der Waals surface area (Å²) in [6.45, 7) is 9.83. The zero-order valence-electron chi connectivity index (χ0n) is 60.7. The van der Waals surface area contributed by atoms with Crippen LogP contribution >= 0.6 is 0 Å². The fourth-order valence-corrected chi connectivity index (χ4v) is 18.9. The fourth-order valence-electron chi connectivity index (χ4n) is 18.9. The minimum atomic E-state index is -0.893. The zero-order chi connectivity index (χ0) is 71.9. The van der Waals surface area contributed by atoms with Gasteiger partial charge in [-0.05, 0) is 185 Å². The highest BCUT2D eigenvalue weighted by Crippen LogP contribution is 2.64. The number of morpholine rings is 1. The first-order valence-corrected chi connectivity index (χ1v) is 38.2. The molecule has 0 radical (unpaired) electrons. The zero-order valence-corrected chi connectivity index (χ0v) is 60.7. The van der Waals surface area contributed by atoms with Crippen LogP contribution in [-0.4, -0.2) is 46.5 Å². The van der Waals surface area contributed by atoms with Crippen LogP contribution in [0.4, 0.5) is 11.4 Å². The van der Waals surface area contributed by atoms with Crippen molar-refractivity contribution >= 4 is 78.8 Å². The largest absolute Gasteiger partial charge is 0.497 e. The van der Waals surface area contributed by atoms with Gasteiger partial charge in [0.2, 0.25) is 0 Å². The van der Waals surface area contributed by atoms with Crippen molar-refractivity contribution < 1.29 is 28.4 Å². The third-order valence-electron chi connectivity index (χ3n) is 24.1. The average Bonchev–Trinajstić information content (AvgIpc) is 1.50. The van der Waals surface area contributed by atoms with Gasteiger partial charge in [-0.1, -0.05) is 223 Å². The molecule has 6 aliphatic heterocycles. The normalized spacial score (nSPS) is 20.6. The Morgan fingerprint density at radius 2 is 0.787 bits per heavy atom. The summed E-state index contributed by atoms with van der Waals surface area (Å²) < 4.78 is 41.6. The number of methoxy groups -OCH3 is 1. The average molecular weight is 1400 g/mol. The van der Waals surface area contributed by atoms with E-state index >= 15 is 0 Å². The second-order valence-corrected chi connectivity index (χ2v) is 30.1. The quantitative estimate of drug-likeness (QED) is 0.156. The van der Waals surface area contributed by atoms with Gasteiger partial charge in [0.05, 0.1) is 20.3 Å². The summed E-state index contributed by atoms with van der Waals surface area (Å²) in [4.78, 5) is 4.90. The first kappa shape index (κ1) is 64.1. The second-order valence-electron chi connectivity index (χ2n) is 30.1. The monoisotopic (exact) mass is 1400 g/mol. The first-order valence-electron chi connectivity index (χ1n) is 38.2. The van der Waals surface area contributed by atoms with Gasteiger partial charge in [-0.25, -0.2) is 0 Å². The van der Waals surface area contributed by atoms with Crippen LogP contribution in [0, 0.1) is 13.8 Å². The minimum Gasteiger partial charge on any atom is -0.497 e. The molecule has 2 fully saturated rings. The number of fused-ring (bicyclic) bond motifs is 26. The van der Waals surface area contributed by atoms with E-state index in [1.54, 1.807) is 7.11 Å². The van der Waals surface area contributed by atoms with Gasteiger partial charge in [-0.2, -0.15) is 0 Å². The van der Waals surface area contributed by atoms with E-state index < -0.39 is 22.4 Å². The Labute approximate surface area is 629 Å². The third kappa shape index (κ3) is 9.71. The maximum atomic E-state index is 7.67. The molecule has 0 N–H and O–H groups in total. The molecule has 0 saturated carbocycles. The van der Waals surface area contributed by atoms with E-state index in [4.69, 9.17) is 28.4 Å². The molecule has 2 spiro atoms. The molecule has 6 heterocycles. The molecule has 8 heteroatoms. The van der Waals surface area contributed by atoms with E-state index in [9.17, 15) is 0 Å². The Balaban J connectivity index is 0.000000138. The summed E-state index contributed by atoms with van der Waals surface area (Å²) >= 11 is 0. The van der Waals surface area contributed by atoms with Gasteiger partial charge in [-0.15, -0.1) is 0 Å². The molecule has 4 atom stereocenters. The number of hydrogen-bond donors (Lipinski definition) is 0. The van der Waals surface area contributed by atoms with E-state index in [1.165, 1.54) is 85.4 Å². The molecule has 0 amide bonds. The number of aryl methyl sites for hydroxylation is 2. The molecule has 14 aromatic carbocycles. The summed E-state index contributed by atoms with van der Waals surface area (Å²) in [6, 6.07) is 93.7. The summed E-state index contributed by atoms with van der Waals surface area (Å²) in [5.74, 6) is 4.23. The summed E-state index contributed by atoms with van der Waals surface area (Å²) in [7, 11) is 1.72. The SMILES string of the molecule is COc1ccc2c3c(c4c(c2c1)OC(c1ccccc1)(c1ccc(N2CCOCC2)cc1)C=C4)C1(C=Cc2c(ccc4ccccc24)O1)c1ccccc1-3.Cc1ccc2c(c1)C1(C=Cc3c(ccc4ccccc34)O1)c1c3c(c4cc(C)ccc4c1-2)OC(c1ccccc1)(c1ccc(N2CCCCC2)cc1)C=C3. The predicted molar refractivity (Wildman–Crippen MR) is 439 cm³/mol. The van der Waals surface area contributed by atoms with Gasteiger partial charge in [-0.3, -0.25) is 0 Å². The lowest BCUT2D eigenvalue weighted by Crippen LogP contribution is -2.37. The topological polar surface area (TPSA) is 61.9 Å². The molecule has 108 heavy (non-hydrogen) atoms. The minimum absolute atomic E-state index is 0.742. The lowest BCUT2D eigenvalue weighted by molar-refractivity contribution is 0.122.